The number of rotatable bonds is 3. The third-order valence-corrected chi connectivity index (χ3v) is 3.75. The molecule has 1 aliphatic carbocycles. The van der Waals surface area contributed by atoms with Gasteiger partial charge in [-0.25, -0.2) is 0 Å². The second-order valence-electron chi connectivity index (χ2n) is 6.29. The van der Waals surface area contributed by atoms with Crippen LogP contribution in [0.2, 0.25) is 0 Å². The Balaban J connectivity index is 2.56. The van der Waals surface area contributed by atoms with E-state index < -0.39 is 0 Å². The van der Waals surface area contributed by atoms with Gasteiger partial charge in [-0.2, -0.15) is 0 Å². The molecule has 1 fully saturated rings. The molecule has 1 heteroatoms. The molecular weight excluding hydrogens is 170 g/mol. The Labute approximate surface area is 89.5 Å². The summed E-state index contributed by atoms with van der Waals surface area (Å²) in [4.78, 5) is 0. The predicted molar refractivity (Wildman–Crippen MR) is 63.1 cm³/mol. The lowest BCUT2D eigenvalue weighted by Gasteiger charge is -2.41. The molecule has 1 rings (SSSR count). The van der Waals surface area contributed by atoms with Crippen molar-refractivity contribution < 1.29 is 0 Å². The van der Waals surface area contributed by atoms with Gasteiger partial charge < -0.3 is 5.73 Å². The van der Waals surface area contributed by atoms with Crippen molar-refractivity contribution in [1.29, 1.82) is 0 Å². The molecule has 1 saturated carbocycles. The Morgan fingerprint density at radius 1 is 1.29 bits per heavy atom. The van der Waals surface area contributed by atoms with Gasteiger partial charge in [-0.1, -0.05) is 27.7 Å². The van der Waals surface area contributed by atoms with E-state index >= 15 is 0 Å². The molecule has 0 aromatic carbocycles. The van der Waals surface area contributed by atoms with E-state index in [4.69, 9.17) is 5.73 Å². The van der Waals surface area contributed by atoms with Gasteiger partial charge in [0.2, 0.25) is 0 Å². The first-order valence-corrected chi connectivity index (χ1v) is 6.14. The van der Waals surface area contributed by atoms with Crippen LogP contribution in [0.4, 0.5) is 0 Å². The normalized spacial score (nSPS) is 32.1. The highest BCUT2D eigenvalue weighted by Gasteiger charge is 2.34. The third-order valence-electron chi connectivity index (χ3n) is 3.75. The number of hydrogen-bond donors (Lipinski definition) is 1. The van der Waals surface area contributed by atoms with Crippen LogP contribution in [0.3, 0.4) is 0 Å². The molecule has 1 aliphatic rings. The number of nitrogens with two attached hydrogens (primary N) is 1. The van der Waals surface area contributed by atoms with Crippen molar-refractivity contribution in [3.63, 3.8) is 0 Å². The van der Waals surface area contributed by atoms with Gasteiger partial charge in [-0.05, 0) is 55.4 Å². The molecule has 0 aliphatic heterocycles. The van der Waals surface area contributed by atoms with E-state index in [-0.39, 0.29) is 0 Å². The average molecular weight is 197 g/mol. The smallest absolute Gasteiger partial charge is 0.00462 e. The highest BCUT2D eigenvalue weighted by molar-refractivity contribution is 4.85. The van der Waals surface area contributed by atoms with E-state index in [0.717, 1.165) is 24.3 Å². The van der Waals surface area contributed by atoms with E-state index in [2.05, 4.69) is 27.7 Å². The van der Waals surface area contributed by atoms with Crippen LogP contribution < -0.4 is 5.73 Å². The summed E-state index contributed by atoms with van der Waals surface area (Å²) in [7, 11) is 0. The zero-order valence-corrected chi connectivity index (χ0v) is 10.3. The number of hydrogen-bond acceptors (Lipinski definition) is 1. The predicted octanol–water partition coefficient (Wildman–Crippen LogP) is 3.43. The second kappa shape index (κ2) is 4.65. The largest absolute Gasteiger partial charge is 0.330 e. The highest BCUT2D eigenvalue weighted by atomic mass is 14.6. The minimum Gasteiger partial charge on any atom is -0.330 e. The summed E-state index contributed by atoms with van der Waals surface area (Å²) in [6, 6.07) is 0. The van der Waals surface area contributed by atoms with Gasteiger partial charge in [-0.3, -0.25) is 0 Å². The molecule has 0 aromatic heterocycles. The lowest BCUT2D eigenvalue weighted by Crippen LogP contribution is -2.34. The summed E-state index contributed by atoms with van der Waals surface area (Å²) in [5.74, 6) is 2.50. The van der Waals surface area contributed by atoms with Crippen molar-refractivity contribution in [1.82, 2.24) is 0 Å². The minimum atomic E-state index is 0.561. The monoisotopic (exact) mass is 197 g/mol. The van der Waals surface area contributed by atoms with Crippen LogP contribution in [0.15, 0.2) is 0 Å². The molecule has 0 aromatic rings. The van der Waals surface area contributed by atoms with Crippen molar-refractivity contribution >= 4 is 0 Å². The van der Waals surface area contributed by atoms with Crippen LogP contribution in [0.1, 0.15) is 53.4 Å². The molecule has 0 saturated heterocycles. The Hall–Kier alpha value is -0.0400. The van der Waals surface area contributed by atoms with E-state index in [1.807, 2.05) is 0 Å². The fourth-order valence-electron chi connectivity index (χ4n) is 2.98. The topological polar surface area (TPSA) is 26.0 Å². The van der Waals surface area contributed by atoms with E-state index in [0.29, 0.717) is 5.41 Å². The van der Waals surface area contributed by atoms with Gasteiger partial charge in [0.25, 0.3) is 0 Å². The first-order chi connectivity index (χ1) is 6.44. The molecule has 2 unspecified atom stereocenters. The maximum Gasteiger partial charge on any atom is -0.00462 e. The van der Waals surface area contributed by atoms with Gasteiger partial charge in [0.15, 0.2) is 0 Å². The van der Waals surface area contributed by atoms with Crippen molar-refractivity contribution in [2.24, 2.45) is 28.9 Å². The lowest BCUT2D eigenvalue weighted by molar-refractivity contribution is 0.106. The molecule has 84 valence electrons. The molecule has 0 amide bonds. The van der Waals surface area contributed by atoms with Crippen LogP contribution >= 0.6 is 0 Å². The average Bonchev–Trinajstić information content (AvgIpc) is 2.01. The summed E-state index contributed by atoms with van der Waals surface area (Å²) in [6.07, 6.45) is 5.46. The van der Waals surface area contributed by atoms with E-state index in [1.54, 1.807) is 0 Å². The quantitative estimate of drug-likeness (QED) is 0.737. The molecule has 2 atom stereocenters. The first kappa shape index (κ1) is 12.0. The summed E-state index contributed by atoms with van der Waals surface area (Å²) < 4.78 is 0. The lowest BCUT2D eigenvalue weighted by atomic mass is 9.65. The Bertz CT molecular complexity index is 172. The Morgan fingerprint density at radius 2 is 1.93 bits per heavy atom. The fourth-order valence-corrected chi connectivity index (χ4v) is 2.98. The van der Waals surface area contributed by atoms with Gasteiger partial charge in [0.05, 0.1) is 0 Å². The SMILES string of the molecule is CC(C)CC1CC(C)(C)CCC1CN. The molecule has 14 heavy (non-hydrogen) atoms. The van der Waals surface area contributed by atoms with Crippen LogP contribution in [0, 0.1) is 23.2 Å². The van der Waals surface area contributed by atoms with Crippen LogP contribution in [-0.4, -0.2) is 6.54 Å². The Kier molecular flexibility index (Phi) is 4.00. The summed E-state index contributed by atoms with van der Waals surface area (Å²) in [5.41, 5.74) is 6.42. The highest BCUT2D eigenvalue weighted by Crippen LogP contribution is 2.43. The molecule has 0 radical (unpaired) electrons. The molecule has 2 N–H and O–H groups in total. The summed E-state index contributed by atoms with van der Waals surface area (Å²) in [5, 5.41) is 0. The van der Waals surface area contributed by atoms with Gasteiger partial charge in [0, 0.05) is 0 Å². The van der Waals surface area contributed by atoms with Crippen molar-refractivity contribution in [2.45, 2.75) is 53.4 Å². The second-order valence-corrected chi connectivity index (χ2v) is 6.29. The molecule has 0 spiro atoms. The summed E-state index contributed by atoms with van der Waals surface area (Å²) in [6.45, 7) is 10.4. The van der Waals surface area contributed by atoms with Crippen molar-refractivity contribution in [3.8, 4) is 0 Å². The van der Waals surface area contributed by atoms with Gasteiger partial charge in [-0.15, -0.1) is 0 Å². The minimum absolute atomic E-state index is 0.561. The van der Waals surface area contributed by atoms with Crippen molar-refractivity contribution in [3.05, 3.63) is 0 Å². The van der Waals surface area contributed by atoms with Gasteiger partial charge >= 0.3 is 0 Å². The molecule has 0 bridgehead atoms. The van der Waals surface area contributed by atoms with Gasteiger partial charge in [0.1, 0.15) is 0 Å². The standard InChI is InChI=1S/C13H27N/c1-10(2)7-12-8-13(3,4)6-5-11(12)9-14/h10-12H,5-9,14H2,1-4H3. The third kappa shape index (κ3) is 3.27. The molecule has 1 nitrogen and oxygen atoms in total. The fraction of sp³-hybridized carbons (Fsp3) is 1.00. The maximum atomic E-state index is 5.86. The van der Waals surface area contributed by atoms with Crippen LogP contribution in [0.5, 0.6) is 0 Å². The van der Waals surface area contributed by atoms with E-state index in [1.165, 1.54) is 25.7 Å². The zero-order chi connectivity index (χ0) is 10.8. The molecular formula is C13H27N. The summed E-state index contributed by atoms with van der Waals surface area (Å²) >= 11 is 0. The van der Waals surface area contributed by atoms with E-state index in [9.17, 15) is 0 Å². The Morgan fingerprint density at radius 3 is 2.43 bits per heavy atom. The van der Waals surface area contributed by atoms with Crippen molar-refractivity contribution in [2.75, 3.05) is 6.54 Å². The first-order valence-electron chi connectivity index (χ1n) is 6.14. The van der Waals surface area contributed by atoms with Crippen LogP contribution in [-0.2, 0) is 0 Å². The van der Waals surface area contributed by atoms with Crippen LogP contribution in [0.25, 0.3) is 0 Å². The maximum absolute atomic E-state index is 5.86. The zero-order valence-electron chi connectivity index (χ0n) is 10.3. The molecule has 0 heterocycles.